The molecule has 3 rings (SSSR count). The number of nitrogens with zero attached hydrogens (tertiary/aromatic N) is 3. The van der Waals surface area contributed by atoms with E-state index in [-0.39, 0.29) is 0 Å². The molecule has 112 valence electrons. The number of aromatic nitrogens is 2. The van der Waals surface area contributed by atoms with Gasteiger partial charge in [0.2, 0.25) is 0 Å². The molecule has 1 aromatic carbocycles. The third-order valence-electron chi connectivity index (χ3n) is 4.14. The monoisotopic (exact) mass is 305 g/mol. The van der Waals surface area contributed by atoms with Crippen LogP contribution < -0.4 is 0 Å². The lowest BCUT2D eigenvalue weighted by Gasteiger charge is -2.33. The summed E-state index contributed by atoms with van der Waals surface area (Å²) in [5.74, 6) is 0. The lowest BCUT2D eigenvalue weighted by molar-refractivity contribution is 0.0890. The summed E-state index contributed by atoms with van der Waals surface area (Å²) in [7, 11) is 0. The van der Waals surface area contributed by atoms with Crippen LogP contribution in [0.5, 0.6) is 0 Å². The summed E-state index contributed by atoms with van der Waals surface area (Å²) in [6.45, 7) is 2.66. The van der Waals surface area contributed by atoms with Crippen molar-refractivity contribution >= 4 is 11.6 Å². The van der Waals surface area contributed by atoms with Gasteiger partial charge in [0.1, 0.15) is 0 Å². The minimum Gasteiger partial charge on any atom is -0.387 e. The molecule has 1 fully saturated rings. The quantitative estimate of drug-likeness (QED) is 0.944. The van der Waals surface area contributed by atoms with E-state index in [1.165, 1.54) is 0 Å². The first kappa shape index (κ1) is 14.6. The van der Waals surface area contributed by atoms with E-state index < -0.39 is 6.10 Å². The van der Waals surface area contributed by atoms with Crippen molar-refractivity contribution in [3.05, 3.63) is 53.3 Å². The minimum absolute atomic E-state index is 0.455. The SMILES string of the molecule is OC(CN1CCC(n2cccn2)CC1)c1ccc(Cl)cc1. The average Bonchev–Trinajstić information content (AvgIpc) is 3.03. The fourth-order valence-electron chi connectivity index (χ4n) is 2.90. The van der Waals surface area contributed by atoms with Gasteiger partial charge < -0.3 is 10.0 Å². The summed E-state index contributed by atoms with van der Waals surface area (Å²) in [6.07, 6.45) is 5.56. The minimum atomic E-state index is -0.455. The summed E-state index contributed by atoms with van der Waals surface area (Å²) >= 11 is 5.87. The number of rotatable bonds is 4. The Morgan fingerprint density at radius 2 is 1.95 bits per heavy atom. The van der Waals surface area contributed by atoms with Crippen LogP contribution in [0.25, 0.3) is 0 Å². The van der Waals surface area contributed by atoms with Crippen LogP contribution in [0, 0.1) is 0 Å². The normalized spacial score (nSPS) is 18.8. The van der Waals surface area contributed by atoms with Gasteiger partial charge in [-0.25, -0.2) is 0 Å². The Morgan fingerprint density at radius 1 is 1.24 bits per heavy atom. The zero-order valence-electron chi connectivity index (χ0n) is 11.9. The molecule has 1 unspecified atom stereocenters. The topological polar surface area (TPSA) is 41.3 Å². The Labute approximate surface area is 130 Å². The lowest BCUT2D eigenvalue weighted by Crippen LogP contribution is -2.37. The van der Waals surface area contributed by atoms with Gasteiger partial charge in [0.05, 0.1) is 12.1 Å². The van der Waals surface area contributed by atoms with Gasteiger partial charge in [-0.2, -0.15) is 5.10 Å². The molecular formula is C16H20ClN3O. The predicted molar refractivity (Wildman–Crippen MR) is 83.3 cm³/mol. The molecule has 0 bridgehead atoms. The van der Waals surface area contributed by atoms with Gasteiger partial charge in [0.15, 0.2) is 0 Å². The predicted octanol–water partition coefficient (Wildman–Crippen LogP) is 2.91. The summed E-state index contributed by atoms with van der Waals surface area (Å²) < 4.78 is 2.05. The first-order valence-electron chi connectivity index (χ1n) is 7.37. The number of hydrogen-bond acceptors (Lipinski definition) is 3. The number of aliphatic hydroxyl groups excluding tert-OH is 1. The number of benzene rings is 1. The third-order valence-corrected chi connectivity index (χ3v) is 4.39. The number of β-amino-alcohol motifs (C(OH)–C–C–N with tert-alkyl or cyclic N) is 1. The van der Waals surface area contributed by atoms with Gasteiger partial charge in [-0.3, -0.25) is 4.68 Å². The van der Waals surface area contributed by atoms with Crippen LogP contribution in [-0.2, 0) is 0 Å². The highest BCUT2D eigenvalue weighted by Crippen LogP contribution is 2.24. The molecule has 1 aliphatic rings. The van der Waals surface area contributed by atoms with Gasteiger partial charge >= 0.3 is 0 Å². The highest BCUT2D eigenvalue weighted by molar-refractivity contribution is 6.30. The molecule has 5 heteroatoms. The van der Waals surface area contributed by atoms with Gasteiger partial charge in [-0.1, -0.05) is 23.7 Å². The van der Waals surface area contributed by atoms with Gasteiger partial charge in [0, 0.05) is 37.1 Å². The van der Waals surface area contributed by atoms with E-state index in [1.54, 1.807) is 0 Å². The molecule has 0 spiro atoms. The Kier molecular flexibility index (Phi) is 4.58. The molecule has 2 aromatic rings. The molecule has 0 aliphatic carbocycles. The van der Waals surface area contributed by atoms with Crippen molar-refractivity contribution in [2.45, 2.75) is 25.0 Å². The molecule has 1 atom stereocenters. The van der Waals surface area contributed by atoms with Crippen molar-refractivity contribution in [3.8, 4) is 0 Å². The summed E-state index contributed by atoms with van der Waals surface area (Å²) in [6, 6.07) is 9.89. The second kappa shape index (κ2) is 6.60. The smallest absolute Gasteiger partial charge is 0.0916 e. The highest BCUT2D eigenvalue weighted by atomic mass is 35.5. The molecule has 0 radical (unpaired) electrons. The number of hydrogen-bond donors (Lipinski definition) is 1. The molecule has 1 saturated heterocycles. The van der Waals surface area contributed by atoms with Crippen LogP contribution in [0.15, 0.2) is 42.7 Å². The van der Waals surface area contributed by atoms with Gasteiger partial charge in [-0.05, 0) is 36.6 Å². The zero-order chi connectivity index (χ0) is 14.7. The molecule has 21 heavy (non-hydrogen) atoms. The first-order valence-corrected chi connectivity index (χ1v) is 7.75. The van der Waals surface area contributed by atoms with Gasteiger partial charge in [0.25, 0.3) is 0 Å². The number of aliphatic hydroxyl groups is 1. The van der Waals surface area contributed by atoms with Crippen LogP contribution in [0.3, 0.4) is 0 Å². The third kappa shape index (κ3) is 3.64. The second-order valence-electron chi connectivity index (χ2n) is 5.59. The van der Waals surface area contributed by atoms with Crippen molar-refractivity contribution in [2.24, 2.45) is 0 Å². The average molecular weight is 306 g/mol. The fraction of sp³-hybridized carbons (Fsp3) is 0.438. The molecule has 1 aromatic heterocycles. The van der Waals surface area contributed by atoms with E-state index in [9.17, 15) is 5.11 Å². The van der Waals surface area contributed by atoms with E-state index in [0.717, 1.165) is 31.5 Å². The first-order chi connectivity index (χ1) is 10.2. The molecule has 2 heterocycles. The lowest BCUT2D eigenvalue weighted by atomic mass is 10.0. The van der Waals surface area contributed by atoms with Gasteiger partial charge in [-0.15, -0.1) is 0 Å². The second-order valence-corrected chi connectivity index (χ2v) is 6.02. The summed E-state index contributed by atoms with van der Waals surface area (Å²) in [5, 5.41) is 15.3. The number of piperidine rings is 1. The van der Waals surface area contributed by atoms with Crippen LogP contribution in [0.4, 0.5) is 0 Å². The van der Waals surface area contributed by atoms with Crippen molar-refractivity contribution < 1.29 is 5.11 Å². The zero-order valence-corrected chi connectivity index (χ0v) is 12.7. The maximum Gasteiger partial charge on any atom is 0.0916 e. The Bertz CT molecular complexity index is 547. The number of halogens is 1. The highest BCUT2D eigenvalue weighted by Gasteiger charge is 2.22. The van der Waals surface area contributed by atoms with E-state index in [4.69, 9.17) is 11.6 Å². The largest absolute Gasteiger partial charge is 0.387 e. The summed E-state index contributed by atoms with van der Waals surface area (Å²) in [4.78, 5) is 2.32. The summed E-state index contributed by atoms with van der Waals surface area (Å²) in [5.41, 5.74) is 0.925. The molecular weight excluding hydrogens is 286 g/mol. The van der Waals surface area contributed by atoms with E-state index in [1.807, 2.05) is 47.4 Å². The van der Waals surface area contributed by atoms with Crippen molar-refractivity contribution in [3.63, 3.8) is 0 Å². The van der Waals surface area contributed by atoms with Crippen LogP contribution >= 0.6 is 11.6 Å². The Morgan fingerprint density at radius 3 is 2.57 bits per heavy atom. The fourth-order valence-corrected chi connectivity index (χ4v) is 3.02. The molecule has 1 N–H and O–H groups in total. The maximum atomic E-state index is 10.3. The molecule has 0 saturated carbocycles. The van der Waals surface area contributed by atoms with E-state index >= 15 is 0 Å². The van der Waals surface area contributed by atoms with Crippen molar-refractivity contribution in [1.82, 2.24) is 14.7 Å². The number of likely N-dealkylation sites (tertiary alicyclic amines) is 1. The maximum absolute atomic E-state index is 10.3. The van der Waals surface area contributed by atoms with Crippen LogP contribution in [0.1, 0.15) is 30.6 Å². The standard InChI is InChI=1S/C16H20ClN3O/c17-14-4-2-13(3-5-14)16(21)12-19-10-6-15(7-11-19)20-9-1-8-18-20/h1-5,8-9,15-16,21H,6-7,10-12H2. The molecule has 0 amide bonds. The van der Waals surface area contributed by atoms with Crippen LogP contribution in [0.2, 0.25) is 5.02 Å². The Hall–Kier alpha value is -1.36. The van der Waals surface area contributed by atoms with Crippen LogP contribution in [-0.4, -0.2) is 39.4 Å². The van der Waals surface area contributed by atoms with E-state index in [2.05, 4.69) is 10.00 Å². The van der Waals surface area contributed by atoms with Crippen molar-refractivity contribution in [1.29, 1.82) is 0 Å². The molecule has 1 aliphatic heterocycles. The van der Waals surface area contributed by atoms with E-state index in [0.29, 0.717) is 17.6 Å². The van der Waals surface area contributed by atoms with Crippen molar-refractivity contribution in [2.75, 3.05) is 19.6 Å². The molecule has 4 nitrogen and oxygen atoms in total. The Balaban J connectivity index is 1.52.